The SMILES string of the molecule is C[C@@H]1[C@@H](C)C/C=C/[C@](O)(Cc2ccccn2)[C@@H]2CC[C@H]2CN2CCCCc3cc(Cl)ccc3COc3ccc(cc32)C(=O)NS1(=O)=O. The van der Waals surface area contributed by atoms with Crippen LogP contribution in [-0.2, 0) is 29.5 Å². The number of hydrogen-bond donors (Lipinski definition) is 2. The Kier molecular flexibility index (Phi) is 9.97. The molecule has 3 aromatic rings. The summed E-state index contributed by atoms with van der Waals surface area (Å²) in [5.41, 5.74) is 2.88. The van der Waals surface area contributed by atoms with Crippen molar-refractivity contribution in [2.75, 3.05) is 18.0 Å². The lowest BCUT2D eigenvalue weighted by Gasteiger charge is -2.48. The number of amides is 1. The van der Waals surface area contributed by atoms with Gasteiger partial charge >= 0.3 is 0 Å². The molecule has 3 heterocycles. The van der Waals surface area contributed by atoms with Gasteiger partial charge in [-0.25, -0.2) is 13.1 Å². The van der Waals surface area contributed by atoms with Crippen LogP contribution in [0, 0.1) is 17.8 Å². The van der Waals surface area contributed by atoms with Crippen LogP contribution in [0.1, 0.15) is 73.1 Å². The predicted octanol–water partition coefficient (Wildman–Crippen LogP) is 6.50. The number of aromatic nitrogens is 1. The molecule has 0 unspecified atom stereocenters. The zero-order valence-corrected chi connectivity index (χ0v) is 28.6. The Hall–Kier alpha value is -3.40. The maximum Gasteiger partial charge on any atom is 0.264 e. The second-order valence-electron chi connectivity index (χ2n) is 13.5. The molecule has 0 radical (unpaired) electrons. The molecule has 0 spiro atoms. The number of aliphatic hydroxyl groups is 1. The first-order valence-corrected chi connectivity index (χ1v) is 18.6. The third kappa shape index (κ3) is 7.53. The van der Waals surface area contributed by atoms with Crippen molar-refractivity contribution in [1.29, 1.82) is 0 Å². The number of nitrogens with zero attached hydrogens (tertiary/aromatic N) is 2. The summed E-state index contributed by atoms with van der Waals surface area (Å²) >= 11 is 6.35. The number of halogens is 1. The number of benzene rings is 2. The quantitative estimate of drug-likeness (QED) is 0.298. The number of pyridine rings is 1. The van der Waals surface area contributed by atoms with Gasteiger partial charge in [-0.05, 0) is 117 Å². The number of rotatable bonds is 2. The summed E-state index contributed by atoms with van der Waals surface area (Å²) in [5, 5.41) is 12.2. The lowest BCUT2D eigenvalue weighted by atomic mass is 9.63. The van der Waals surface area contributed by atoms with Crippen molar-refractivity contribution in [3.63, 3.8) is 0 Å². The summed E-state index contributed by atoms with van der Waals surface area (Å²) < 4.78 is 35.6. The van der Waals surface area contributed by atoms with Gasteiger partial charge in [-0.1, -0.05) is 42.8 Å². The van der Waals surface area contributed by atoms with Gasteiger partial charge in [0.25, 0.3) is 5.91 Å². The molecule has 1 aromatic heterocycles. The van der Waals surface area contributed by atoms with Crippen molar-refractivity contribution in [3.05, 3.63) is 100 Å². The topological polar surface area (TPSA) is 109 Å². The van der Waals surface area contributed by atoms with Gasteiger partial charge in [0.05, 0.1) is 16.5 Å². The van der Waals surface area contributed by atoms with Crippen LogP contribution in [0.4, 0.5) is 5.69 Å². The number of hydrogen-bond acceptors (Lipinski definition) is 7. The number of ether oxygens (including phenoxy) is 1. The standard InChI is InChI=1S/C37H44ClN3O5S/c1-25-8-7-17-37(43,22-32-10-3-5-18-39-32)33-15-12-29(33)23-41-19-6-4-9-27-20-31(38)14-11-30(27)24-46-35-16-13-28(21-34(35)41)36(42)40-47(44,45)26(25)2/h3,5,7,10-11,13-14,16-18,20-21,25-26,29,33,43H,4,6,8-9,12,15,19,22-24H2,1-2H3,(H,40,42)/b17-7+/t25-,26+,29-,33+,37-/m0/s1. The molecular weight excluding hydrogens is 634 g/mol. The Balaban J connectivity index is 1.41. The second-order valence-corrected chi connectivity index (χ2v) is 16.0. The second kappa shape index (κ2) is 14.0. The molecular formula is C37H44ClN3O5S. The average Bonchev–Trinajstić information content (AvgIpc) is 3.05. The van der Waals surface area contributed by atoms with Crippen molar-refractivity contribution in [1.82, 2.24) is 9.71 Å². The highest BCUT2D eigenvalue weighted by Gasteiger charge is 2.46. The van der Waals surface area contributed by atoms with Gasteiger partial charge in [-0.3, -0.25) is 9.78 Å². The lowest BCUT2D eigenvalue weighted by Crippen LogP contribution is -2.51. The lowest BCUT2D eigenvalue weighted by molar-refractivity contribution is -0.0451. The Morgan fingerprint density at radius 2 is 1.94 bits per heavy atom. The zero-order valence-electron chi connectivity index (χ0n) is 27.1. The number of nitrogens with one attached hydrogen (secondary N) is 1. The van der Waals surface area contributed by atoms with E-state index in [0.29, 0.717) is 43.3 Å². The minimum Gasteiger partial charge on any atom is -0.487 e. The van der Waals surface area contributed by atoms with E-state index in [2.05, 4.69) is 14.6 Å². The smallest absolute Gasteiger partial charge is 0.264 e. The number of fused-ring (bicyclic) bond motifs is 3. The Labute approximate surface area is 283 Å². The van der Waals surface area contributed by atoms with E-state index in [4.69, 9.17) is 16.3 Å². The molecule has 10 heteroatoms. The summed E-state index contributed by atoms with van der Waals surface area (Å²) in [6, 6.07) is 16.8. The number of aryl methyl sites for hydroxylation is 1. The first kappa shape index (κ1) is 33.5. The van der Waals surface area contributed by atoms with E-state index in [9.17, 15) is 18.3 Å². The van der Waals surface area contributed by atoms with Crippen LogP contribution < -0.4 is 14.4 Å². The van der Waals surface area contributed by atoms with Gasteiger partial charge in [-0.2, -0.15) is 0 Å². The van der Waals surface area contributed by atoms with E-state index < -0.39 is 26.8 Å². The molecule has 2 N–H and O–H groups in total. The molecule has 3 aliphatic rings. The zero-order chi connectivity index (χ0) is 33.2. The molecule has 2 aromatic carbocycles. The summed E-state index contributed by atoms with van der Waals surface area (Å²) in [5.74, 6) is -0.172. The van der Waals surface area contributed by atoms with Crippen LogP contribution in [0.2, 0.25) is 5.02 Å². The van der Waals surface area contributed by atoms with Crippen LogP contribution in [0.25, 0.3) is 0 Å². The van der Waals surface area contributed by atoms with Crippen molar-refractivity contribution in [2.45, 2.75) is 76.3 Å². The molecule has 1 saturated carbocycles. The Morgan fingerprint density at radius 3 is 2.70 bits per heavy atom. The molecule has 0 saturated heterocycles. The van der Waals surface area contributed by atoms with Crippen LogP contribution in [0.5, 0.6) is 5.75 Å². The van der Waals surface area contributed by atoms with Gasteiger partial charge in [0.15, 0.2) is 0 Å². The normalized spacial score (nSPS) is 28.7. The molecule has 1 fully saturated rings. The molecule has 47 heavy (non-hydrogen) atoms. The van der Waals surface area contributed by atoms with E-state index in [-0.39, 0.29) is 23.3 Å². The third-order valence-corrected chi connectivity index (χ3v) is 12.5. The Morgan fingerprint density at radius 1 is 1.09 bits per heavy atom. The average molecular weight is 678 g/mol. The minimum absolute atomic E-state index is 0.0226. The van der Waals surface area contributed by atoms with Crippen molar-refractivity contribution in [2.24, 2.45) is 17.8 Å². The maximum absolute atomic E-state index is 13.5. The van der Waals surface area contributed by atoms with Gasteiger partial charge < -0.3 is 14.7 Å². The van der Waals surface area contributed by atoms with E-state index in [1.165, 1.54) is 0 Å². The number of carbonyl (C=O) groups is 1. The highest BCUT2D eigenvalue weighted by molar-refractivity contribution is 7.90. The Bertz CT molecular complexity index is 1730. The van der Waals surface area contributed by atoms with E-state index in [1.54, 1.807) is 31.3 Å². The van der Waals surface area contributed by atoms with Crippen molar-refractivity contribution >= 4 is 33.2 Å². The van der Waals surface area contributed by atoms with Gasteiger partial charge in [0.2, 0.25) is 10.0 Å². The van der Waals surface area contributed by atoms with E-state index in [0.717, 1.165) is 54.6 Å². The van der Waals surface area contributed by atoms with Gasteiger partial charge in [0.1, 0.15) is 12.4 Å². The van der Waals surface area contributed by atoms with Crippen molar-refractivity contribution < 1.29 is 23.1 Å². The molecule has 5 atom stereocenters. The van der Waals surface area contributed by atoms with E-state index in [1.807, 2.05) is 55.5 Å². The first-order valence-electron chi connectivity index (χ1n) is 16.7. The fraction of sp³-hybridized carbons (Fsp3) is 0.459. The molecule has 1 aliphatic carbocycles. The molecule has 2 bridgehead atoms. The van der Waals surface area contributed by atoms with Crippen LogP contribution >= 0.6 is 11.6 Å². The van der Waals surface area contributed by atoms with Crippen LogP contribution in [0.15, 0.2) is 72.9 Å². The number of sulfonamides is 1. The summed E-state index contributed by atoms with van der Waals surface area (Å²) in [6.07, 6.45) is 10.9. The monoisotopic (exact) mass is 677 g/mol. The minimum atomic E-state index is -3.98. The molecule has 8 nitrogen and oxygen atoms in total. The van der Waals surface area contributed by atoms with Crippen molar-refractivity contribution in [3.8, 4) is 5.75 Å². The fourth-order valence-corrected chi connectivity index (χ4v) is 8.66. The maximum atomic E-state index is 13.5. The van der Waals surface area contributed by atoms with Gasteiger partial charge in [-0.15, -0.1) is 0 Å². The molecule has 6 rings (SSSR count). The highest BCUT2D eigenvalue weighted by atomic mass is 35.5. The molecule has 250 valence electrons. The first-order chi connectivity index (χ1) is 22.5. The highest BCUT2D eigenvalue weighted by Crippen LogP contribution is 2.46. The summed E-state index contributed by atoms with van der Waals surface area (Å²) in [7, 11) is -3.98. The number of carbonyl (C=O) groups excluding carboxylic acids is 1. The molecule has 1 amide bonds. The summed E-state index contributed by atoms with van der Waals surface area (Å²) in [4.78, 5) is 20.3. The number of allylic oxidation sites excluding steroid dienone is 1. The predicted molar refractivity (Wildman–Crippen MR) is 185 cm³/mol. The van der Waals surface area contributed by atoms with E-state index >= 15 is 0 Å². The third-order valence-electron chi connectivity index (χ3n) is 10.4. The summed E-state index contributed by atoms with van der Waals surface area (Å²) in [6.45, 7) is 5.18. The molecule has 2 aliphatic heterocycles. The van der Waals surface area contributed by atoms with Crippen LogP contribution in [-0.4, -0.2) is 48.4 Å². The van der Waals surface area contributed by atoms with Gasteiger partial charge in [0, 0.05) is 42.0 Å². The largest absolute Gasteiger partial charge is 0.487 e. The fourth-order valence-electron chi connectivity index (χ4n) is 7.18. The number of anilines is 1. The van der Waals surface area contributed by atoms with Crippen LogP contribution in [0.3, 0.4) is 0 Å².